The third kappa shape index (κ3) is 3.69. The molecule has 0 saturated carbocycles. The number of carbonyl (C=O) groups is 2. The minimum absolute atomic E-state index is 0.124. The number of amides is 1. The largest absolute Gasteiger partial charge is 0.512 e. The lowest BCUT2D eigenvalue weighted by Crippen LogP contribution is -2.12. The minimum atomic E-state index is -1.41. The van der Waals surface area contributed by atoms with Crippen molar-refractivity contribution in [1.82, 2.24) is 4.57 Å². The first kappa shape index (κ1) is 16.3. The van der Waals surface area contributed by atoms with Crippen LogP contribution < -0.4 is 10.1 Å². The van der Waals surface area contributed by atoms with E-state index >= 15 is 0 Å². The Bertz CT molecular complexity index is 916. The number of benzene rings is 2. The van der Waals surface area contributed by atoms with Crippen LogP contribution in [0.4, 0.5) is 10.5 Å². The number of hydrogen-bond acceptors (Lipinski definition) is 3. The second-order valence-electron chi connectivity index (χ2n) is 5.41. The zero-order chi connectivity index (χ0) is 17.8. The fraction of sp³-hybridized carbons (Fsp3) is 0.0526. The zero-order valence-electron chi connectivity index (χ0n) is 13.5. The van der Waals surface area contributed by atoms with Crippen LogP contribution in [0.3, 0.4) is 0 Å². The van der Waals surface area contributed by atoms with Crippen molar-refractivity contribution in [2.75, 3.05) is 5.32 Å². The van der Waals surface area contributed by atoms with Crippen LogP contribution in [0.1, 0.15) is 10.4 Å². The molecule has 2 aromatic carbocycles. The highest BCUT2D eigenvalue weighted by Crippen LogP contribution is 2.25. The smallest absolute Gasteiger partial charge is 0.449 e. The predicted molar refractivity (Wildman–Crippen MR) is 93.9 cm³/mol. The van der Waals surface area contributed by atoms with Crippen LogP contribution >= 0.6 is 0 Å². The number of aromatic nitrogens is 1. The Labute approximate surface area is 144 Å². The fourth-order valence-corrected chi connectivity index (χ4v) is 2.55. The summed E-state index contributed by atoms with van der Waals surface area (Å²) >= 11 is 0. The molecule has 0 radical (unpaired) electrons. The summed E-state index contributed by atoms with van der Waals surface area (Å²) in [6, 6.07) is 18.4. The first-order valence-corrected chi connectivity index (χ1v) is 7.57. The van der Waals surface area contributed by atoms with Crippen molar-refractivity contribution in [3.8, 4) is 17.0 Å². The average Bonchev–Trinajstić information content (AvgIpc) is 2.94. The molecule has 0 fully saturated rings. The molecule has 0 saturated heterocycles. The topological polar surface area (TPSA) is 80.6 Å². The first-order valence-electron chi connectivity index (χ1n) is 7.57. The van der Waals surface area contributed by atoms with Crippen LogP contribution in [-0.4, -0.2) is 21.7 Å². The Morgan fingerprint density at radius 1 is 1.04 bits per heavy atom. The number of carbonyl (C=O) groups excluding carboxylic acids is 1. The van der Waals surface area contributed by atoms with Crippen molar-refractivity contribution < 1.29 is 19.4 Å². The number of hydrogen-bond donors (Lipinski definition) is 2. The van der Waals surface area contributed by atoms with Crippen molar-refractivity contribution in [3.63, 3.8) is 0 Å². The van der Waals surface area contributed by atoms with Gasteiger partial charge in [-0.2, -0.15) is 0 Å². The fourth-order valence-electron chi connectivity index (χ4n) is 2.55. The monoisotopic (exact) mass is 336 g/mol. The lowest BCUT2D eigenvalue weighted by Gasteiger charge is -2.09. The van der Waals surface area contributed by atoms with Gasteiger partial charge in [0.05, 0.1) is 5.69 Å². The molecule has 6 nitrogen and oxygen atoms in total. The van der Waals surface area contributed by atoms with E-state index in [1.807, 2.05) is 42.5 Å². The molecular weight excluding hydrogens is 320 g/mol. The Morgan fingerprint density at radius 2 is 1.72 bits per heavy atom. The highest BCUT2D eigenvalue weighted by atomic mass is 16.7. The molecule has 1 heterocycles. The molecule has 6 heteroatoms. The molecular formula is C19H16N2O4. The summed E-state index contributed by atoms with van der Waals surface area (Å²) in [4.78, 5) is 23.3. The van der Waals surface area contributed by atoms with Crippen LogP contribution in [-0.2, 0) is 7.05 Å². The van der Waals surface area contributed by atoms with Gasteiger partial charge in [0.1, 0.15) is 0 Å². The summed E-state index contributed by atoms with van der Waals surface area (Å²) in [5, 5.41) is 11.5. The van der Waals surface area contributed by atoms with Gasteiger partial charge in [-0.3, -0.25) is 4.79 Å². The molecule has 0 atom stereocenters. The van der Waals surface area contributed by atoms with Crippen LogP contribution in [0.15, 0.2) is 66.9 Å². The van der Waals surface area contributed by atoms with Gasteiger partial charge in [0.15, 0.2) is 0 Å². The minimum Gasteiger partial charge on any atom is -0.449 e. The molecule has 3 rings (SSSR count). The number of aryl methyl sites for hydroxylation is 1. The molecule has 0 spiro atoms. The quantitative estimate of drug-likeness (QED) is 0.706. The van der Waals surface area contributed by atoms with Crippen LogP contribution in [0, 0.1) is 0 Å². The lowest BCUT2D eigenvalue weighted by atomic mass is 9.99. The second kappa shape index (κ2) is 6.92. The molecule has 1 aromatic heterocycles. The Balaban J connectivity index is 1.87. The van der Waals surface area contributed by atoms with E-state index in [0.29, 0.717) is 11.3 Å². The lowest BCUT2D eigenvalue weighted by molar-refractivity contribution is 0.102. The molecule has 126 valence electrons. The Morgan fingerprint density at radius 3 is 2.44 bits per heavy atom. The predicted octanol–water partition coefficient (Wildman–Crippen LogP) is 4.00. The van der Waals surface area contributed by atoms with E-state index in [0.717, 1.165) is 11.1 Å². The van der Waals surface area contributed by atoms with Crippen molar-refractivity contribution in [3.05, 3.63) is 72.4 Å². The third-order valence-corrected chi connectivity index (χ3v) is 3.67. The summed E-state index contributed by atoms with van der Waals surface area (Å²) in [6.07, 6.45) is 0.176. The molecule has 0 aliphatic rings. The number of nitrogens with one attached hydrogen (secondary N) is 1. The summed E-state index contributed by atoms with van der Waals surface area (Å²) in [6.45, 7) is 0. The van der Waals surface area contributed by atoms with Crippen molar-refractivity contribution >= 4 is 17.7 Å². The number of rotatable bonds is 4. The SMILES string of the molecule is Cn1cc(NC(=O)c2ccccc2-c2ccccc2)cc1OC(=O)O. The van der Waals surface area contributed by atoms with E-state index < -0.39 is 6.16 Å². The maximum absolute atomic E-state index is 12.7. The normalized spacial score (nSPS) is 10.3. The van der Waals surface area contributed by atoms with E-state index in [-0.39, 0.29) is 11.8 Å². The van der Waals surface area contributed by atoms with E-state index in [2.05, 4.69) is 10.1 Å². The zero-order valence-corrected chi connectivity index (χ0v) is 13.5. The second-order valence-corrected chi connectivity index (χ2v) is 5.41. The summed E-state index contributed by atoms with van der Waals surface area (Å²) in [7, 11) is 1.63. The van der Waals surface area contributed by atoms with E-state index in [1.54, 1.807) is 25.4 Å². The Hall–Kier alpha value is -3.54. The van der Waals surface area contributed by atoms with Crippen LogP contribution in [0.25, 0.3) is 11.1 Å². The van der Waals surface area contributed by atoms with Crippen LogP contribution in [0.5, 0.6) is 5.88 Å². The van der Waals surface area contributed by atoms with Gasteiger partial charge in [0.25, 0.3) is 5.91 Å². The van der Waals surface area contributed by atoms with Gasteiger partial charge >= 0.3 is 6.16 Å². The van der Waals surface area contributed by atoms with Gasteiger partial charge in [-0.25, -0.2) is 4.79 Å². The molecule has 3 aromatic rings. The molecule has 0 unspecified atom stereocenters. The average molecular weight is 336 g/mol. The standard InChI is InChI=1S/C19H16N2O4/c1-21-12-14(11-17(21)25-19(23)24)20-18(22)16-10-6-5-9-15(16)13-7-3-2-4-8-13/h2-12H,1H3,(H,20,22)(H,23,24). The van der Waals surface area contributed by atoms with E-state index in [1.165, 1.54) is 10.6 Å². The van der Waals surface area contributed by atoms with Gasteiger partial charge < -0.3 is 19.7 Å². The van der Waals surface area contributed by atoms with Gasteiger partial charge in [-0.05, 0) is 17.2 Å². The number of ether oxygens (including phenoxy) is 1. The number of nitrogens with zero attached hydrogens (tertiary/aromatic N) is 1. The maximum atomic E-state index is 12.7. The summed E-state index contributed by atoms with van der Waals surface area (Å²) in [5.74, 6) is -0.161. The van der Waals surface area contributed by atoms with Crippen molar-refractivity contribution in [1.29, 1.82) is 0 Å². The van der Waals surface area contributed by atoms with E-state index in [9.17, 15) is 9.59 Å². The van der Waals surface area contributed by atoms with Gasteiger partial charge in [-0.15, -0.1) is 0 Å². The summed E-state index contributed by atoms with van der Waals surface area (Å²) in [5.41, 5.74) is 2.74. The van der Waals surface area contributed by atoms with E-state index in [4.69, 9.17) is 5.11 Å². The van der Waals surface area contributed by atoms with Gasteiger partial charge in [0.2, 0.25) is 5.88 Å². The highest BCUT2D eigenvalue weighted by Gasteiger charge is 2.15. The molecule has 1 amide bonds. The number of carboxylic acid groups (broad SMARTS) is 1. The molecule has 2 N–H and O–H groups in total. The third-order valence-electron chi connectivity index (χ3n) is 3.67. The summed E-state index contributed by atoms with van der Waals surface area (Å²) < 4.78 is 6.11. The molecule has 25 heavy (non-hydrogen) atoms. The molecule has 0 aliphatic carbocycles. The first-order chi connectivity index (χ1) is 12.0. The van der Waals surface area contributed by atoms with Crippen molar-refractivity contribution in [2.45, 2.75) is 0 Å². The van der Waals surface area contributed by atoms with Gasteiger partial charge in [-0.1, -0.05) is 48.5 Å². The highest BCUT2D eigenvalue weighted by molar-refractivity contribution is 6.08. The molecule has 0 aliphatic heterocycles. The number of anilines is 1. The molecule has 0 bridgehead atoms. The van der Waals surface area contributed by atoms with Gasteiger partial charge in [0, 0.05) is 24.9 Å². The maximum Gasteiger partial charge on any atom is 0.512 e. The van der Waals surface area contributed by atoms with Crippen molar-refractivity contribution in [2.24, 2.45) is 7.05 Å². The Kier molecular flexibility index (Phi) is 4.52. The van der Waals surface area contributed by atoms with Crippen LogP contribution in [0.2, 0.25) is 0 Å².